The number of benzene rings is 3. The third kappa shape index (κ3) is 4.63. The lowest BCUT2D eigenvalue weighted by Crippen LogP contribution is -2.54. The molecule has 0 bridgehead atoms. The van der Waals surface area contributed by atoms with E-state index in [4.69, 9.17) is 9.84 Å². The largest absolute Gasteiger partial charge is 0.508 e. The lowest BCUT2D eigenvalue weighted by molar-refractivity contribution is -0.122. The molecule has 0 unspecified atom stereocenters. The fourth-order valence-electron chi connectivity index (χ4n) is 3.29. The van der Waals surface area contributed by atoms with Crippen molar-refractivity contribution in [2.45, 2.75) is 6.61 Å². The number of hydrogen-bond acceptors (Lipinski definition) is 6. The molecule has 1 aliphatic rings. The molecule has 0 radical (unpaired) electrons. The van der Waals surface area contributed by atoms with Crippen molar-refractivity contribution in [3.05, 3.63) is 95.1 Å². The summed E-state index contributed by atoms with van der Waals surface area (Å²) < 4.78 is 5.84. The molecule has 0 atom stereocenters. The van der Waals surface area contributed by atoms with E-state index in [2.05, 4.69) is 5.32 Å². The van der Waals surface area contributed by atoms with Crippen LogP contribution in [0.15, 0.2) is 78.4 Å². The van der Waals surface area contributed by atoms with Crippen molar-refractivity contribution in [2.24, 2.45) is 0 Å². The van der Waals surface area contributed by atoms with Crippen molar-refractivity contribution in [3.63, 3.8) is 0 Å². The average Bonchev–Trinajstić information content (AvgIpc) is 2.82. The summed E-state index contributed by atoms with van der Waals surface area (Å²) in [6.07, 6.45) is 1.33. The number of phenolic OH excluding ortho intramolecular Hbond substituents is 1. The molecule has 34 heavy (non-hydrogen) atoms. The Kier molecular flexibility index (Phi) is 6.09. The van der Waals surface area contributed by atoms with E-state index in [1.54, 1.807) is 36.4 Å². The van der Waals surface area contributed by atoms with Crippen LogP contribution in [0.2, 0.25) is 0 Å². The number of ether oxygens (including phenoxy) is 1. The van der Waals surface area contributed by atoms with Gasteiger partial charge in [0.05, 0.1) is 11.3 Å². The van der Waals surface area contributed by atoms with Gasteiger partial charge < -0.3 is 14.9 Å². The van der Waals surface area contributed by atoms with E-state index in [9.17, 15) is 24.3 Å². The molecule has 0 aromatic heterocycles. The number of anilines is 1. The second kappa shape index (κ2) is 9.29. The molecule has 1 aliphatic heterocycles. The Morgan fingerprint density at radius 3 is 2.29 bits per heavy atom. The molecular weight excluding hydrogens is 440 g/mol. The van der Waals surface area contributed by atoms with Gasteiger partial charge in [-0.3, -0.25) is 14.9 Å². The average molecular weight is 458 g/mol. The fourth-order valence-corrected chi connectivity index (χ4v) is 3.29. The van der Waals surface area contributed by atoms with Crippen LogP contribution in [0, 0.1) is 0 Å². The van der Waals surface area contributed by atoms with Crippen LogP contribution in [0.4, 0.5) is 10.5 Å². The summed E-state index contributed by atoms with van der Waals surface area (Å²) >= 11 is 0. The first-order chi connectivity index (χ1) is 16.3. The van der Waals surface area contributed by atoms with E-state index in [1.165, 1.54) is 42.5 Å². The molecule has 4 rings (SSSR count). The smallest absolute Gasteiger partial charge is 0.335 e. The standard InChI is InChI=1S/C25H18N2O7/c28-19-11-9-18(10-12-19)27-23(30)20(22(29)26-25(27)33)13-17-3-1-2-4-21(17)34-14-15-5-7-16(8-6-15)24(31)32/h1-13,28H,14H2,(H,31,32)(H,26,29,33)/b20-13+. The van der Waals surface area contributed by atoms with Gasteiger partial charge in [0.2, 0.25) is 0 Å². The molecule has 0 aliphatic carbocycles. The Morgan fingerprint density at radius 1 is 0.941 bits per heavy atom. The number of imide groups is 2. The zero-order valence-electron chi connectivity index (χ0n) is 17.6. The number of carbonyl (C=O) groups is 4. The molecule has 1 saturated heterocycles. The Bertz CT molecular complexity index is 1310. The Balaban J connectivity index is 1.59. The molecule has 170 valence electrons. The third-order valence-corrected chi connectivity index (χ3v) is 5.02. The summed E-state index contributed by atoms with van der Waals surface area (Å²) in [5.74, 6) is -2.35. The topological polar surface area (TPSA) is 133 Å². The Hall–Kier alpha value is -4.92. The minimum atomic E-state index is -1.03. The predicted octanol–water partition coefficient (Wildman–Crippen LogP) is 3.34. The van der Waals surface area contributed by atoms with Gasteiger partial charge in [0.25, 0.3) is 11.8 Å². The van der Waals surface area contributed by atoms with E-state index >= 15 is 0 Å². The molecule has 4 amide bonds. The zero-order chi connectivity index (χ0) is 24.2. The van der Waals surface area contributed by atoms with Crippen molar-refractivity contribution >= 4 is 35.6 Å². The second-order valence-corrected chi connectivity index (χ2v) is 7.30. The molecule has 1 fully saturated rings. The minimum absolute atomic E-state index is 0.0378. The molecule has 0 spiro atoms. The van der Waals surface area contributed by atoms with E-state index < -0.39 is 23.8 Å². The van der Waals surface area contributed by atoms with Gasteiger partial charge in [0.15, 0.2) is 0 Å². The van der Waals surface area contributed by atoms with Crippen molar-refractivity contribution in [2.75, 3.05) is 4.90 Å². The maximum Gasteiger partial charge on any atom is 0.335 e. The minimum Gasteiger partial charge on any atom is -0.508 e. The highest BCUT2D eigenvalue weighted by atomic mass is 16.5. The van der Waals surface area contributed by atoms with E-state index in [0.717, 1.165) is 10.5 Å². The number of phenols is 1. The van der Waals surface area contributed by atoms with Crippen LogP contribution < -0.4 is 15.0 Å². The number of aromatic hydroxyl groups is 1. The number of carboxylic acid groups (broad SMARTS) is 1. The lowest BCUT2D eigenvalue weighted by Gasteiger charge is -2.26. The SMILES string of the molecule is O=C1NC(=O)N(c2ccc(O)cc2)C(=O)/C1=C/c1ccccc1OCc1ccc(C(=O)O)cc1. The highest BCUT2D eigenvalue weighted by molar-refractivity contribution is 6.39. The lowest BCUT2D eigenvalue weighted by atomic mass is 10.1. The molecule has 9 heteroatoms. The van der Waals surface area contributed by atoms with Crippen LogP contribution in [0.5, 0.6) is 11.5 Å². The second-order valence-electron chi connectivity index (χ2n) is 7.30. The number of aromatic carboxylic acids is 1. The van der Waals surface area contributed by atoms with E-state index in [-0.39, 0.29) is 29.2 Å². The monoisotopic (exact) mass is 458 g/mol. The summed E-state index contributed by atoms with van der Waals surface area (Å²) in [6.45, 7) is 0.123. The number of para-hydroxylation sites is 1. The summed E-state index contributed by atoms with van der Waals surface area (Å²) in [5.41, 5.74) is 1.23. The van der Waals surface area contributed by atoms with Gasteiger partial charge in [0, 0.05) is 5.56 Å². The van der Waals surface area contributed by atoms with E-state index in [0.29, 0.717) is 11.3 Å². The van der Waals surface area contributed by atoms with Crippen LogP contribution >= 0.6 is 0 Å². The van der Waals surface area contributed by atoms with E-state index in [1.807, 2.05) is 0 Å². The molecule has 9 nitrogen and oxygen atoms in total. The van der Waals surface area contributed by atoms with Gasteiger partial charge in [-0.2, -0.15) is 0 Å². The highest BCUT2D eigenvalue weighted by Crippen LogP contribution is 2.27. The van der Waals surface area contributed by atoms with Crippen molar-refractivity contribution in [3.8, 4) is 11.5 Å². The molecule has 3 N–H and O–H groups in total. The van der Waals surface area contributed by atoms with Gasteiger partial charge >= 0.3 is 12.0 Å². The third-order valence-electron chi connectivity index (χ3n) is 5.02. The fraction of sp³-hybridized carbons (Fsp3) is 0.0400. The van der Waals surface area contributed by atoms with Crippen molar-refractivity contribution < 1.29 is 34.1 Å². The quantitative estimate of drug-likeness (QED) is 0.381. The van der Waals surface area contributed by atoms with Gasteiger partial charge in [-0.1, -0.05) is 30.3 Å². The Labute approximate surface area is 193 Å². The summed E-state index contributed by atoms with van der Waals surface area (Å²) in [6, 6.07) is 17.4. The van der Waals surface area contributed by atoms with Gasteiger partial charge in [-0.15, -0.1) is 0 Å². The summed E-state index contributed by atoms with van der Waals surface area (Å²) in [5, 5.41) is 20.6. The highest BCUT2D eigenvalue weighted by Gasteiger charge is 2.37. The van der Waals surface area contributed by atoms with Gasteiger partial charge in [-0.05, 0) is 54.1 Å². The number of urea groups is 1. The normalized spacial score (nSPS) is 14.8. The van der Waals surface area contributed by atoms with Crippen LogP contribution in [0.1, 0.15) is 21.5 Å². The van der Waals surface area contributed by atoms with Crippen LogP contribution in [-0.2, 0) is 16.2 Å². The maximum atomic E-state index is 13.0. The van der Waals surface area contributed by atoms with Crippen LogP contribution in [-0.4, -0.2) is 34.0 Å². The van der Waals surface area contributed by atoms with Gasteiger partial charge in [-0.25, -0.2) is 14.5 Å². The van der Waals surface area contributed by atoms with Crippen LogP contribution in [0.3, 0.4) is 0 Å². The number of nitrogens with one attached hydrogen (secondary N) is 1. The van der Waals surface area contributed by atoms with Gasteiger partial charge in [0.1, 0.15) is 23.7 Å². The predicted molar refractivity (Wildman–Crippen MR) is 121 cm³/mol. The molecule has 3 aromatic carbocycles. The molecule has 3 aromatic rings. The Morgan fingerprint density at radius 2 is 1.62 bits per heavy atom. The first-order valence-corrected chi connectivity index (χ1v) is 10.1. The number of amides is 4. The van der Waals surface area contributed by atoms with Crippen LogP contribution in [0.25, 0.3) is 6.08 Å². The molecule has 1 heterocycles. The van der Waals surface area contributed by atoms with Crippen molar-refractivity contribution in [1.82, 2.24) is 5.32 Å². The summed E-state index contributed by atoms with van der Waals surface area (Å²) in [4.78, 5) is 49.6. The number of barbiturate groups is 1. The summed E-state index contributed by atoms with van der Waals surface area (Å²) in [7, 11) is 0. The first-order valence-electron chi connectivity index (χ1n) is 10.1. The number of rotatable bonds is 6. The number of nitrogens with zero attached hydrogens (tertiary/aromatic N) is 1. The number of hydrogen-bond donors (Lipinski definition) is 3. The maximum absolute atomic E-state index is 13.0. The molecular formula is C25H18N2O7. The zero-order valence-corrected chi connectivity index (χ0v) is 17.6. The molecule has 0 saturated carbocycles. The first kappa shape index (κ1) is 22.3. The number of carboxylic acids is 1. The van der Waals surface area contributed by atoms with Crippen molar-refractivity contribution in [1.29, 1.82) is 0 Å². The number of carbonyl (C=O) groups excluding carboxylic acids is 3.